The maximum Gasteiger partial charge on any atom is 0.0939 e. The van der Waals surface area contributed by atoms with Crippen molar-refractivity contribution < 1.29 is 5.11 Å². The molecule has 4 nitrogen and oxygen atoms in total. The molecule has 6 N–H and O–H groups in total. The molecule has 0 rings (SSSR count). The first-order chi connectivity index (χ1) is 3.55. The minimum atomic E-state index is -0.824. The first kappa shape index (κ1) is 7.55. The molecule has 0 bridgehead atoms. The molecule has 0 aromatic rings. The summed E-state index contributed by atoms with van der Waals surface area (Å²) in [5, 5.41) is 15.5. The van der Waals surface area contributed by atoms with Crippen molar-refractivity contribution >= 4 is 5.71 Å². The van der Waals surface area contributed by atoms with E-state index in [2.05, 4.69) is 0 Å². The summed E-state index contributed by atoms with van der Waals surface area (Å²) in [6.07, 6.45) is -1.65. The molecule has 1 atom stereocenters. The topological polar surface area (TPSA) is 96.1 Å². The molecule has 48 valence electrons. The highest BCUT2D eigenvalue weighted by atomic mass is 16.3. The molecule has 0 heterocycles. The number of hydrogen-bond acceptors (Lipinski definition) is 4. The third-order valence-electron chi connectivity index (χ3n) is 0.809. The van der Waals surface area contributed by atoms with E-state index in [1.54, 1.807) is 0 Å². The average molecular weight is 117 g/mol. The minimum Gasteiger partial charge on any atom is -0.387 e. The van der Waals surface area contributed by atoms with Crippen molar-refractivity contribution in [2.75, 3.05) is 0 Å². The first-order valence-corrected chi connectivity index (χ1v) is 2.33. The largest absolute Gasteiger partial charge is 0.387 e. The fourth-order valence-electron chi connectivity index (χ4n) is 0.279. The van der Waals surface area contributed by atoms with Crippen molar-refractivity contribution in [3.63, 3.8) is 0 Å². The SMILES string of the molecule is CC(O)C(=N)C(N)N. The molecular formula is C4H11N3O. The van der Waals surface area contributed by atoms with Gasteiger partial charge in [-0.2, -0.15) is 0 Å². The third kappa shape index (κ3) is 2.02. The highest BCUT2D eigenvalue weighted by molar-refractivity contribution is 5.89. The van der Waals surface area contributed by atoms with Gasteiger partial charge in [-0.25, -0.2) is 0 Å². The minimum absolute atomic E-state index is 0.0370. The van der Waals surface area contributed by atoms with Gasteiger partial charge < -0.3 is 22.0 Å². The predicted octanol–water partition coefficient (Wildman–Crippen LogP) is -1.37. The van der Waals surface area contributed by atoms with Gasteiger partial charge in [-0.3, -0.25) is 0 Å². The Hall–Kier alpha value is -0.450. The molecule has 0 radical (unpaired) electrons. The summed E-state index contributed by atoms with van der Waals surface area (Å²) in [6, 6.07) is 0. The van der Waals surface area contributed by atoms with E-state index in [9.17, 15) is 0 Å². The molecule has 0 fully saturated rings. The fourth-order valence-corrected chi connectivity index (χ4v) is 0.279. The Bertz CT molecular complexity index is 79.3. The quantitative estimate of drug-likeness (QED) is 0.265. The van der Waals surface area contributed by atoms with Gasteiger partial charge in [0.15, 0.2) is 0 Å². The van der Waals surface area contributed by atoms with E-state index in [1.807, 2.05) is 0 Å². The van der Waals surface area contributed by atoms with Crippen LogP contribution in [0.5, 0.6) is 0 Å². The number of aliphatic hydroxyl groups excluding tert-OH is 1. The molecule has 0 aromatic heterocycles. The van der Waals surface area contributed by atoms with Gasteiger partial charge in [0.1, 0.15) is 0 Å². The lowest BCUT2D eigenvalue weighted by Gasteiger charge is -2.08. The van der Waals surface area contributed by atoms with E-state index in [-0.39, 0.29) is 5.71 Å². The molecule has 0 aliphatic carbocycles. The highest BCUT2D eigenvalue weighted by Gasteiger charge is 2.07. The lowest BCUT2D eigenvalue weighted by Crippen LogP contribution is -2.43. The summed E-state index contributed by atoms with van der Waals surface area (Å²) in [5.41, 5.74) is 10.0. The second-order valence-corrected chi connectivity index (χ2v) is 1.66. The van der Waals surface area contributed by atoms with Gasteiger partial charge in [0.25, 0.3) is 0 Å². The van der Waals surface area contributed by atoms with E-state index in [1.165, 1.54) is 6.92 Å². The maximum atomic E-state index is 8.61. The standard InChI is InChI=1S/C4H11N3O/c1-2(8)3(5)4(6)7/h2,4-5,8H,6-7H2,1H3. The van der Waals surface area contributed by atoms with Crippen LogP contribution >= 0.6 is 0 Å². The van der Waals surface area contributed by atoms with E-state index >= 15 is 0 Å². The third-order valence-corrected chi connectivity index (χ3v) is 0.809. The van der Waals surface area contributed by atoms with Crippen LogP contribution in [0.3, 0.4) is 0 Å². The molecule has 0 aliphatic heterocycles. The molecule has 1 unspecified atom stereocenters. The van der Waals surface area contributed by atoms with Crippen molar-refractivity contribution in [3.8, 4) is 0 Å². The number of nitrogens with two attached hydrogens (primary N) is 2. The summed E-state index contributed by atoms with van der Waals surface area (Å²) in [5.74, 6) is 0. The van der Waals surface area contributed by atoms with Gasteiger partial charge in [-0.1, -0.05) is 0 Å². The zero-order valence-corrected chi connectivity index (χ0v) is 4.76. The lowest BCUT2D eigenvalue weighted by atomic mass is 10.2. The molecule has 0 aromatic carbocycles. The lowest BCUT2D eigenvalue weighted by molar-refractivity contribution is 0.257. The van der Waals surface area contributed by atoms with Crippen LogP contribution in [0.25, 0.3) is 0 Å². The Kier molecular flexibility index (Phi) is 2.60. The Balaban J connectivity index is 3.65. The molecular weight excluding hydrogens is 106 g/mol. The molecule has 4 heteroatoms. The smallest absolute Gasteiger partial charge is 0.0939 e. The van der Waals surface area contributed by atoms with E-state index in [0.717, 1.165) is 0 Å². The molecule has 0 aliphatic rings. The van der Waals surface area contributed by atoms with Crippen molar-refractivity contribution in [2.24, 2.45) is 11.5 Å². The van der Waals surface area contributed by atoms with Crippen LogP contribution in [0.4, 0.5) is 0 Å². The fraction of sp³-hybridized carbons (Fsp3) is 0.750. The van der Waals surface area contributed by atoms with Crippen LogP contribution in [-0.2, 0) is 0 Å². The Morgan fingerprint density at radius 3 is 2.00 bits per heavy atom. The number of rotatable bonds is 2. The second kappa shape index (κ2) is 2.76. The Morgan fingerprint density at radius 2 is 2.00 bits per heavy atom. The summed E-state index contributed by atoms with van der Waals surface area (Å²) >= 11 is 0. The average Bonchev–Trinajstić information content (AvgIpc) is 1.64. The summed E-state index contributed by atoms with van der Waals surface area (Å²) in [4.78, 5) is 0. The van der Waals surface area contributed by atoms with Gasteiger partial charge in [0.05, 0.1) is 18.0 Å². The van der Waals surface area contributed by atoms with Gasteiger partial charge >= 0.3 is 0 Å². The van der Waals surface area contributed by atoms with Crippen LogP contribution in [0.1, 0.15) is 6.92 Å². The van der Waals surface area contributed by atoms with Gasteiger partial charge in [-0.15, -0.1) is 0 Å². The number of aliphatic hydroxyl groups is 1. The summed E-state index contributed by atoms with van der Waals surface area (Å²) in [7, 11) is 0. The van der Waals surface area contributed by atoms with Crippen molar-refractivity contribution in [2.45, 2.75) is 19.2 Å². The van der Waals surface area contributed by atoms with Gasteiger partial charge in [0, 0.05) is 0 Å². The van der Waals surface area contributed by atoms with Crippen molar-refractivity contribution in [1.29, 1.82) is 5.41 Å². The van der Waals surface area contributed by atoms with Crippen LogP contribution < -0.4 is 11.5 Å². The van der Waals surface area contributed by atoms with Crippen molar-refractivity contribution in [1.82, 2.24) is 0 Å². The van der Waals surface area contributed by atoms with Crippen molar-refractivity contribution in [3.05, 3.63) is 0 Å². The molecule has 0 spiro atoms. The van der Waals surface area contributed by atoms with Crippen LogP contribution in [0.15, 0.2) is 0 Å². The number of nitrogens with one attached hydrogen (secondary N) is 1. The molecule has 0 saturated carbocycles. The molecule has 0 amide bonds. The Labute approximate surface area is 48.0 Å². The van der Waals surface area contributed by atoms with Crippen LogP contribution in [-0.4, -0.2) is 23.1 Å². The normalized spacial score (nSPS) is 14.1. The summed E-state index contributed by atoms with van der Waals surface area (Å²) < 4.78 is 0. The van der Waals surface area contributed by atoms with Gasteiger partial charge in [0.2, 0.25) is 0 Å². The predicted molar refractivity (Wildman–Crippen MR) is 31.6 cm³/mol. The highest BCUT2D eigenvalue weighted by Crippen LogP contribution is 1.82. The first-order valence-electron chi connectivity index (χ1n) is 2.33. The van der Waals surface area contributed by atoms with E-state index in [0.29, 0.717) is 0 Å². The Morgan fingerprint density at radius 1 is 1.62 bits per heavy atom. The zero-order valence-electron chi connectivity index (χ0n) is 4.76. The summed E-state index contributed by atoms with van der Waals surface area (Å²) in [6.45, 7) is 1.45. The molecule has 0 saturated heterocycles. The van der Waals surface area contributed by atoms with E-state index < -0.39 is 12.3 Å². The van der Waals surface area contributed by atoms with Crippen LogP contribution in [0, 0.1) is 5.41 Å². The van der Waals surface area contributed by atoms with Gasteiger partial charge in [-0.05, 0) is 6.92 Å². The number of hydrogen-bond donors (Lipinski definition) is 4. The monoisotopic (exact) mass is 117 g/mol. The van der Waals surface area contributed by atoms with E-state index in [4.69, 9.17) is 22.0 Å². The van der Waals surface area contributed by atoms with Crippen LogP contribution in [0.2, 0.25) is 0 Å². The molecule has 8 heavy (non-hydrogen) atoms. The second-order valence-electron chi connectivity index (χ2n) is 1.66. The zero-order chi connectivity index (χ0) is 6.73. The maximum absolute atomic E-state index is 8.61.